The topological polar surface area (TPSA) is 75.7 Å². The fourth-order valence-electron chi connectivity index (χ4n) is 6.28. The van der Waals surface area contributed by atoms with Crippen LogP contribution in [0.4, 0.5) is 5.69 Å². The van der Waals surface area contributed by atoms with Gasteiger partial charge in [0.2, 0.25) is 11.8 Å². The van der Waals surface area contributed by atoms with Crippen LogP contribution in [0, 0.1) is 5.92 Å². The molecule has 0 bridgehead atoms. The van der Waals surface area contributed by atoms with E-state index in [1.165, 1.54) is 7.11 Å². The Kier molecular flexibility index (Phi) is 4.34. The van der Waals surface area contributed by atoms with Crippen LogP contribution >= 0.6 is 0 Å². The SMILES string of the molecule is COC(=O)[C@H]1C(=O)N2CC[C@]3(C(=O)Nc4ccccc43)[C@H]2C[C@@H]1c1ccc2ccccc2c1. The van der Waals surface area contributed by atoms with Gasteiger partial charge in [-0.25, -0.2) is 0 Å². The lowest BCUT2D eigenvalue weighted by atomic mass is 9.67. The molecule has 33 heavy (non-hydrogen) atoms. The fourth-order valence-corrected chi connectivity index (χ4v) is 6.28. The van der Waals surface area contributed by atoms with E-state index in [1.54, 1.807) is 4.90 Å². The average Bonchev–Trinajstić information content (AvgIpc) is 3.37. The first-order chi connectivity index (χ1) is 16.0. The van der Waals surface area contributed by atoms with E-state index in [-0.39, 0.29) is 23.8 Å². The molecular weight excluding hydrogens is 416 g/mol. The number of benzene rings is 3. The molecule has 3 aliphatic heterocycles. The lowest BCUT2D eigenvalue weighted by Gasteiger charge is -2.43. The van der Waals surface area contributed by atoms with E-state index < -0.39 is 17.3 Å². The summed E-state index contributed by atoms with van der Waals surface area (Å²) >= 11 is 0. The van der Waals surface area contributed by atoms with E-state index in [0.29, 0.717) is 19.4 Å². The summed E-state index contributed by atoms with van der Waals surface area (Å²) in [5.41, 5.74) is 1.90. The van der Waals surface area contributed by atoms with Gasteiger partial charge in [0.25, 0.3) is 0 Å². The van der Waals surface area contributed by atoms with Gasteiger partial charge in [-0.1, -0.05) is 60.7 Å². The van der Waals surface area contributed by atoms with Gasteiger partial charge >= 0.3 is 5.97 Å². The van der Waals surface area contributed by atoms with Gasteiger partial charge in [0.15, 0.2) is 0 Å². The number of rotatable bonds is 2. The van der Waals surface area contributed by atoms with Crippen molar-refractivity contribution >= 4 is 34.2 Å². The first-order valence-electron chi connectivity index (χ1n) is 11.3. The second-order valence-electron chi connectivity index (χ2n) is 9.22. The van der Waals surface area contributed by atoms with Crippen LogP contribution in [0.15, 0.2) is 66.7 Å². The van der Waals surface area contributed by atoms with Gasteiger partial charge in [0.05, 0.1) is 18.6 Å². The quantitative estimate of drug-likeness (QED) is 0.488. The summed E-state index contributed by atoms with van der Waals surface area (Å²) in [6, 6.07) is 21.5. The van der Waals surface area contributed by atoms with Crippen LogP contribution in [-0.2, 0) is 24.5 Å². The number of carbonyl (C=O) groups is 3. The number of carbonyl (C=O) groups excluding carboxylic acids is 3. The number of nitrogens with zero attached hydrogens (tertiary/aromatic N) is 1. The molecule has 6 nitrogen and oxygen atoms in total. The van der Waals surface area contributed by atoms with Crippen LogP contribution in [0.3, 0.4) is 0 Å². The zero-order valence-corrected chi connectivity index (χ0v) is 18.3. The molecule has 1 spiro atoms. The molecule has 166 valence electrons. The molecule has 3 aromatic rings. The summed E-state index contributed by atoms with van der Waals surface area (Å²) < 4.78 is 5.08. The van der Waals surface area contributed by atoms with E-state index in [1.807, 2.05) is 60.7 Å². The molecule has 6 rings (SSSR count). The number of esters is 1. The zero-order chi connectivity index (χ0) is 22.7. The Morgan fingerprint density at radius 3 is 2.61 bits per heavy atom. The Labute approximate surface area is 191 Å². The number of para-hydroxylation sites is 1. The van der Waals surface area contributed by atoms with Crippen molar-refractivity contribution in [1.82, 2.24) is 4.90 Å². The van der Waals surface area contributed by atoms with E-state index in [4.69, 9.17) is 4.74 Å². The minimum atomic E-state index is -0.915. The van der Waals surface area contributed by atoms with Crippen LogP contribution in [0.5, 0.6) is 0 Å². The second kappa shape index (κ2) is 7.17. The number of hydrogen-bond donors (Lipinski definition) is 1. The lowest BCUT2D eigenvalue weighted by Crippen LogP contribution is -2.56. The Hall–Kier alpha value is -3.67. The molecule has 0 radical (unpaired) electrons. The highest BCUT2D eigenvalue weighted by Gasteiger charge is 2.63. The highest BCUT2D eigenvalue weighted by Crippen LogP contribution is 2.54. The van der Waals surface area contributed by atoms with Gasteiger partial charge in [-0.05, 0) is 40.8 Å². The molecule has 2 fully saturated rings. The fraction of sp³-hybridized carbons (Fsp3) is 0.296. The van der Waals surface area contributed by atoms with Crippen LogP contribution < -0.4 is 5.32 Å². The van der Waals surface area contributed by atoms with Crippen LogP contribution in [0.1, 0.15) is 29.9 Å². The first kappa shape index (κ1) is 20.0. The van der Waals surface area contributed by atoms with Gasteiger partial charge in [-0.15, -0.1) is 0 Å². The number of hydrogen-bond acceptors (Lipinski definition) is 4. The highest BCUT2D eigenvalue weighted by molar-refractivity contribution is 6.08. The van der Waals surface area contributed by atoms with Crippen LogP contribution in [0.2, 0.25) is 0 Å². The highest BCUT2D eigenvalue weighted by atomic mass is 16.5. The number of amides is 2. The van der Waals surface area contributed by atoms with Crippen molar-refractivity contribution in [3.8, 4) is 0 Å². The molecule has 1 N–H and O–H groups in total. The molecule has 0 aromatic heterocycles. The Bertz CT molecular complexity index is 1320. The molecule has 3 heterocycles. The summed E-state index contributed by atoms with van der Waals surface area (Å²) in [5, 5.41) is 5.19. The molecule has 0 unspecified atom stereocenters. The molecule has 2 amide bonds. The normalized spacial score (nSPS) is 28.0. The van der Waals surface area contributed by atoms with Gasteiger partial charge < -0.3 is 15.0 Å². The van der Waals surface area contributed by atoms with Crippen molar-refractivity contribution in [2.75, 3.05) is 19.0 Å². The van der Waals surface area contributed by atoms with Crippen LogP contribution in [0.25, 0.3) is 10.8 Å². The van der Waals surface area contributed by atoms with Crippen molar-refractivity contribution < 1.29 is 19.1 Å². The summed E-state index contributed by atoms with van der Waals surface area (Å²) in [4.78, 5) is 41.7. The summed E-state index contributed by atoms with van der Waals surface area (Å²) in [7, 11) is 1.32. The molecule has 0 saturated carbocycles. The van der Waals surface area contributed by atoms with Crippen molar-refractivity contribution in [2.45, 2.75) is 30.2 Å². The maximum absolute atomic E-state index is 13.7. The van der Waals surface area contributed by atoms with Crippen molar-refractivity contribution in [1.29, 1.82) is 0 Å². The number of piperidine rings is 1. The number of anilines is 1. The predicted octanol–water partition coefficient (Wildman–Crippen LogP) is 3.61. The van der Waals surface area contributed by atoms with Gasteiger partial charge in [0, 0.05) is 18.2 Å². The average molecular weight is 440 g/mol. The number of fused-ring (bicyclic) bond motifs is 5. The third-order valence-electron chi connectivity index (χ3n) is 7.84. The Morgan fingerprint density at radius 2 is 1.79 bits per heavy atom. The number of ether oxygens (including phenoxy) is 1. The standard InChI is InChI=1S/C27H24N2O4/c1-33-25(31)23-19(18-11-10-16-6-2-3-7-17(16)14-18)15-22-27(12-13-29(22)24(23)30)20-8-4-5-9-21(20)28-26(27)32/h2-11,14,19,22-23H,12-13,15H2,1H3,(H,28,32)/t19-,22-,23-,27-/m1/s1. The van der Waals surface area contributed by atoms with Gasteiger partial charge in [-0.3, -0.25) is 14.4 Å². The van der Waals surface area contributed by atoms with E-state index in [0.717, 1.165) is 27.6 Å². The summed E-state index contributed by atoms with van der Waals surface area (Å²) in [6.07, 6.45) is 1.07. The largest absolute Gasteiger partial charge is 0.468 e. The number of methoxy groups -OCH3 is 1. The van der Waals surface area contributed by atoms with E-state index in [2.05, 4.69) is 11.4 Å². The van der Waals surface area contributed by atoms with Crippen LogP contribution in [-0.4, -0.2) is 42.4 Å². The maximum Gasteiger partial charge on any atom is 0.318 e. The van der Waals surface area contributed by atoms with E-state index in [9.17, 15) is 14.4 Å². The predicted molar refractivity (Wildman–Crippen MR) is 124 cm³/mol. The molecule has 3 aliphatic rings. The van der Waals surface area contributed by atoms with Gasteiger partial charge in [0.1, 0.15) is 5.92 Å². The zero-order valence-electron chi connectivity index (χ0n) is 18.3. The molecule has 3 aromatic carbocycles. The van der Waals surface area contributed by atoms with E-state index >= 15 is 0 Å². The minimum Gasteiger partial charge on any atom is -0.468 e. The summed E-state index contributed by atoms with van der Waals surface area (Å²) in [6.45, 7) is 0.448. The molecule has 0 aliphatic carbocycles. The van der Waals surface area contributed by atoms with Crippen molar-refractivity contribution in [3.05, 3.63) is 77.9 Å². The second-order valence-corrected chi connectivity index (χ2v) is 9.22. The number of nitrogens with one attached hydrogen (secondary N) is 1. The maximum atomic E-state index is 13.7. The van der Waals surface area contributed by atoms with Crippen molar-refractivity contribution in [2.24, 2.45) is 5.92 Å². The molecule has 4 atom stereocenters. The lowest BCUT2D eigenvalue weighted by molar-refractivity contribution is -0.158. The summed E-state index contributed by atoms with van der Waals surface area (Å²) in [5.74, 6) is -2.11. The molecular formula is C27H24N2O4. The van der Waals surface area contributed by atoms with Gasteiger partial charge in [-0.2, -0.15) is 0 Å². The Morgan fingerprint density at radius 1 is 1.03 bits per heavy atom. The molecule has 6 heteroatoms. The monoisotopic (exact) mass is 440 g/mol. The third-order valence-corrected chi connectivity index (χ3v) is 7.84. The first-order valence-corrected chi connectivity index (χ1v) is 11.3. The molecule has 2 saturated heterocycles. The van der Waals surface area contributed by atoms with Crippen molar-refractivity contribution in [3.63, 3.8) is 0 Å². The third kappa shape index (κ3) is 2.70. The Balaban J connectivity index is 1.48. The minimum absolute atomic E-state index is 0.0576. The smallest absolute Gasteiger partial charge is 0.318 e.